The Hall–Kier alpha value is -0.780. The smallest absolute Gasteiger partial charge is 0.254 e. The highest BCUT2D eigenvalue weighted by atomic mass is 35.5. The topological polar surface area (TPSA) is 29.3 Å². The Morgan fingerprint density at radius 2 is 2.05 bits per heavy atom. The number of benzene rings is 1. The van der Waals surface area contributed by atoms with Crippen molar-refractivity contribution in [3.63, 3.8) is 0 Å². The van der Waals surface area contributed by atoms with Crippen molar-refractivity contribution in [2.75, 3.05) is 6.54 Å². The lowest BCUT2D eigenvalue weighted by Crippen LogP contribution is -2.48. The first-order valence-corrected chi connectivity index (χ1v) is 8.51. The highest BCUT2D eigenvalue weighted by Gasteiger charge is 2.49. The monoisotopic (exact) mass is 342 g/mol. The van der Waals surface area contributed by atoms with Crippen LogP contribution in [0, 0.1) is 5.21 Å². The molecule has 1 fully saturated rings. The van der Waals surface area contributed by atoms with Gasteiger partial charge in [-0.3, -0.25) is 4.90 Å². The van der Waals surface area contributed by atoms with E-state index in [4.69, 9.17) is 23.8 Å². The molecule has 6 heteroatoms. The fourth-order valence-corrected chi connectivity index (χ4v) is 4.53. The van der Waals surface area contributed by atoms with E-state index in [9.17, 15) is 5.21 Å². The summed E-state index contributed by atoms with van der Waals surface area (Å²) in [5.74, 6) is 0. The van der Waals surface area contributed by atoms with Gasteiger partial charge in [0.25, 0.3) is 6.17 Å². The van der Waals surface area contributed by atoms with Gasteiger partial charge in [0.1, 0.15) is 9.07 Å². The van der Waals surface area contributed by atoms with Gasteiger partial charge < -0.3 is 5.21 Å². The van der Waals surface area contributed by atoms with E-state index in [1.165, 1.54) is 0 Å². The summed E-state index contributed by atoms with van der Waals surface area (Å²) in [4.78, 5) is 2.03. The zero-order valence-corrected chi connectivity index (χ0v) is 14.8. The van der Waals surface area contributed by atoms with Crippen LogP contribution in [0.1, 0.15) is 32.8 Å². The first-order chi connectivity index (χ1) is 9.85. The molecule has 0 aromatic heterocycles. The number of thioether (sulfide) groups is 1. The van der Waals surface area contributed by atoms with Crippen molar-refractivity contribution in [3.05, 3.63) is 40.1 Å². The van der Waals surface area contributed by atoms with Crippen LogP contribution in [-0.2, 0) is 0 Å². The highest BCUT2D eigenvalue weighted by molar-refractivity contribution is 8.24. The third-order valence-electron chi connectivity index (χ3n) is 3.35. The van der Waals surface area contributed by atoms with Crippen LogP contribution in [0.5, 0.6) is 0 Å². The Morgan fingerprint density at radius 3 is 2.62 bits per heavy atom. The molecule has 1 heterocycles. The van der Waals surface area contributed by atoms with Crippen molar-refractivity contribution in [3.8, 4) is 0 Å². The first kappa shape index (κ1) is 16.6. The Morgan fingerprint density at radius 1 is 1.43 bits per heavy atom. The Balaban J connectivity index is 2.31. The van der Waals surface area contributed by atoms with E-state index < -0.39 is 0 Å². The molecule has 0 saturated carbocycles. The Labute approximate surface area is 140 Å². The van der Waals surface area contributed by atoms with Gasteiger partial charge in [-0.1, -0.05) is 42.5 Å². The van der Waals surface area contributed by atoms with Gasteiger partial charge in [0.2, 0.25) is 0 Å². The maximum absolute atomic E-state index is 12.7. The quantitative estimate of drug-likeness (QED) is 0.271. The molecule has 3 nitrogen and oxygen atoms in total. The van der Waals surface area contributed by atoms with Crippen LogP contribution in [-0.4, -0.2) is 37.6 Å². The molecule has 2 rings (SSSR count). The minimum absolute atomic E-state index is 0.239. The molecule has 0 bridgehead atoms. The van der Waals surface area contributed by atoms with Crippen molar-refractivity contribution < 1.29 is 4.74 Å². The maximum Gasteiger partial charge on any atom is 0.254 e. The molecule has 21 heavy (non-hydrogen) atoms. The van der Waals surface area contributed by atoms with Gasteiger partial charge in [0, 0.05) is 17.1 Å². The lowest BCUT2D eigenvalue weighted by atomic mass is 10.1. The molecule has 0 radical (unpaired) electrons. The van der Waals surface area contributed by atoms with Crippen LogP contribution in [0.25, 0.3) is 0 Å². The minimum atomic E-state index is -0.286. The van der Waals surface area contributed by atoms with Gasteiger partial charge in [-0.2, -0.15) is 4.74 Å². The van der Waals surface area contributed by atoms with Crippen LogP contribution in [0.4, 0.5) is 0 Å². The van der Waals surface area contributed by atoms with E-state index >= 15 is 0 Å². The van der Waals surface area contributed by atoms with Gasteiger partial charge >= 0.3 is 0 Å². The summed E-state index contributed by atoms with van der Waals surface area (Å²) in [6.45, 7) is 7.01. The second-order valence-electron chi connectivity index (χ2n) is 5.58. The Kier molecular flexibility index (Phi) is 5.17. The number of hydroxylamine groups is 1. The summed E-state index contributed by atoms with van der Waals surface area (Å²) in [6, 6.07) is 7.24. The van der Waals surface area contributed by atoms with Gasteiger partial charge in [0.15, 0.2) is 6.21 Å². The molecule has 1 aromatic carbocycles. The molecule has 1 aliphatic heterocycles. The summed E-state index contributed by atoms with van der Waals surface area (Å²) in [5.41, 5.74) is 0.837. The van der Waals surface area contributed by atoms with E-state index in [1.807, 2.05) is 17.0 Å². The van der Waals surface area contributed by atoms with E-state index in [0.717, 1.165) is 27.6 Å². The summed E-state index contributed by atoms with van der Waals surface area (Å²) in [6.07, 6.45) is 2.28. The number of hydrogen-bond acceptors (Lipinski definition) is 3. The molecule has 1 aliphatic rings. The normalized spacial score (nSPS) is 21.9. The standard InChI is InChI=1S/C15H19ClN2OS2/c1-4-9-17-13(15(2,3)21-14(17)20)18(19)10-11-5-7-12(16)8-6-11/h5-8,10,13H,4,9H2,1-3H3. The van der Waals surface area contributed by atoms with Crippen LogP contribution in [0.3, 0.4) is 0 Å². The predicted octanol–water partition coefficient (Wildman–Crippen LogP) is 4.12. The Bertz CT molecular complexity index is 557. The average Bonchev–Trinajstić information content (AvgIpc) is 2.62. The van der Waals surface area contributed by atoms with E-state index in [-0.39, 0.29) is 10.9 Å². The second kappa shape index (κ2) is 6.55. The van der Waals surface area contributed by atoms with Crippen molar-refractivity contribution in [2.24, 2.45) is 0 Å². The molecule has 114 valence electrons. The first-order valence-electron chi connectivity index (χ1n) is 6.90. The lowest BCUT2D eigenvalue weighted by Gasteiger charge is -2.29. The predicted molar refractivity (Wildman–Crippen MR) is 95.3 cm³/mol. The zero-order valence-electron chi connectivity index (χ0n) is 12.4. The number of halogens is 1. The molecule has 0 amide bonds. The number of hydrogen-bond donors (Lipinski definition) is 0. The minimum Gasteiger partial charge on any atom is -0.622 e. The summed E-state index contributed by atoms with van der Waals surface area (Å²) in [5, 5.41) is 13.3. The fraction of sp³-hybridized carbons (Fsp3) is 0.467. The summed E-state index contributed by atoms with van der Waals surface area (Å²) < 4.78 is 1.58. The molecule has 1 unspecified atom stereocenters. The molecule has 0 N–H and O–H groups in total. The van der Waals surface area contributed by atoms with Gasteiger partial charge in [-0.25, -0.2) is 0 Å². The lowest BCUT2D eigenvalue weighted by molar-refractivity contribution is -0.523. The van der Waals surface area contributed by atoms with Crippen LogP contribution < -0.4 is 0 Å². The third-order valence-corrected chi connectivity index (χ3v) is 5.24. The van der Waals surface area contributed by atoms with Crippen molar-refractivity contribution in [1.29, 1.82) is 0 Å². The molecule has 0 aliphatic carbocycles. The van der Waals surface area contributed by atoms with E-state index in [0.29, 0.717) is 5.02 Å². The zero-order chi connectivity index (χ0) is 15.6. The maximum atomic E-state index is 12.7. The summed E-state index contributed by atoms with van der Waals surface area (Å²) in [7, 11) is 0. The van der Waals surface area contributed by atoms with E-state index in [2.05, 4.69) is 20.8 Å². The molecule has 1 saturated heterocycles. The SMILES string of the molecule is CCCN1C(=S)SC(C)(C)C1[N+]([O-])=Cc1ccc(Cl)cc1. The fourth-order valence-electron chi connectivity index (χ4n) is 2.48. The number of rotatable bonds is 4. The van der Waals surface area contributed by atoms with Gasteiger partial charge in [-0.05, 0) is 44.5 Å². The highest BCUT2D eigenvalue weighted by Crippen LogP contribution is 2.41. The van der Waals surface area contributed by atoms with Crippen LogP contribution in [0.2, 0.25) is 5.02 Å². The molecule has 1 aromatic rings. The van der Waals surface area contributed by atoms with Crippen molar-refractivity contribution in [2.45, 2.75) is 38.1 Å². The molecular formula is C15H19ClN2OS2. The third kappa shape index (κ3) is 3.71. The molecular weight excluding hydrogens is 324 g/mol. The average molecular weight is 343 g/mol. The van der Waals surface area contributed by atoms with Crippen molar-refractivity contribution >= 4 is 46.1 Å². The van der Waals surface area contributed by atoms with Gasteiger partial charge in [-0.15, -0.1) is 0 Å². The largest absolute Gasteiger partial charge is 0.622 e. The van der Waals surface area contributed by atoms with Crippen LogP contribution in [0.15, 0.2) is 24.3 Å². The molecule has 1 atom stereocenters. The van der Waals surface area contributed by atoms with Crippen molar-refractivity contribution in [1.82, 2.24) is 4.90 Å². The molecule has 0 spiro atoms. The van der Waals surface area contributed by atoms with Crippen LogP contribution >= 0.6 is 35.6 Å². The number of thiocarbonyl (C=S) groups is 1. The second-order valence-corrected chi connectivity index (χ2v) is 8.30. The number of nitrogens with zero attached hydrogens (tertiary/aromatic N) is 2. The summed E-state index contributed by atoms with van der Waals surface area (Å²) >= 11 is 12.9. The van der Waals surface area contributed by atoms with E-state index in [1.54, 1.807) is 30.1 Å². The van der Waals surface area contributed by atoms with Gasteiger partial charge in [0.05, 0.1) is 0 Å².